The van der Waals surface area contributed by atoms with Gasteiger partial charge in [0, 0.05) is 11.8 Å². The predicted molar refractivity (Wildman–Crippen MR) is 45.0 cm³/mol. The van der Waals surface area contributed by atoms with Crippen molar-refractivity contribution < 1.29 is 9.15 Å². The molecule has 4 nitrogen and oxygen atoms in total. The monoisotopic (exact) mass is 164 g/mol. The van der Waals surface area contributed by atoms with Gasteiger partial charge >= 0.3 is 6.08 Å². The van der Waals surface area contributed by atoms with Crippen molar-refractivity contribution in [3.8, 4) is 6.08 Å². The molecule has 12 heavy (non-hydrogen) atoms. The van der Waals surface area contributed by atoms with Gasteiger partial charge in [-0.05, 0) is 12.1 Å². The van der Waals surface area contributed by atoms with Gasteiger partial charge in [0.1, 0.15) is 5.52 Å². The van der Waals surface area contributed by atoms with Crippen LogP contribution in [0.1, 0.15) is 0 Å². The summed E-state index contributed by atoms with van der Waals surface area (Å²) >= 11 is 0. The van der Waals surface area contributed by atoms with Crippen LogP contribution in [0, 0.1) is 0 Å². The van der Waals surface area contributed by atoms with Crippen LogP contribution in [0.15, 0.2) is 22.6 Å². The summed E-state index contributed by atoms with van der Waals surface area (Å²) in [5, 5.41) is 0. The van der Waals surface area contributed by atoms with Crippen LogP contribution in [0.4, 0.5) is 5.69 Å². The van der Waals surface area contributed by atoms with Crippen molar-refractivity contribution in [2.24, 2.45) is 0 Å². The third kappa shape index (κ3) is 0.972. The Labute approximate surface area is 68.9 Å². The lowest BCUT2D eigenvalue weighted by molar-refractivity contribution is 0.299. The van der Waals surface area contributed by atoms with Crippen molar-refractivity contribution in [1.29, 1.82) is 0 Å². The topological polar surface area (TPSA) is 61.3 Å². The molecule has 0 spiro atoms. The van der Waals surface area contributed by atoms with Gasteiger partial charge in [-0.3, -0.25) is 0 Å². The predicted octanol–water partition coefficient (Wildman–Crippen LogP) is 1.42. The van der Waals surface area contributed by atoms with Crippen molar-refractivity contribution in [1.82, 2.24) is 4.98 Å². The van der Waals surface area contributed by atoms with Gasteiger partial charge in [0.25, 0.3) is 0 Å². The Morgan fingerprint density at radius 2 is 2.33 bits per heavy atom. The fourth-order valence-corrected chi connectivity index (χ4v) is 1.01. The minimum atomic E-state index is 0.260. The summed E-state index contributed by atoms with van der Waals surface area (Å²) < 4.78 is 10.0. The fraction of sp³-hybridized carbons (Fsp3) is 0.125. The van der Waals surface area contributed by atoms with Gasteiger partial charge < -0.3 is 14.9 Å². The van der Waals surface area contributed by atoms with Gasteiger partial charge in [0.15, 0.2) is 5.58 Å². The number of fused-ring (bicyclic) bond motifs is 1. The summed E-state index contributed by atoms with van der Waals surface area (Å²) in [6.07, 6.45) is 0.260. The number of oxazole rings is 1. The van der Waals surface area contributed by atoms with Crippen LogP contribution in [0.5, 0.6) is 6.08 Å². The molecule has 0 aliphatic heterocycles. The maximum absolute atomic E-state index is 5.55. The molecule has 0 radical (unpaired) electrons. The van der Waals surface area contributed by atoms with E-state index in [0.717, 1.165) is 5.52 Å². The number of nitrogen functional groups attached to an aromatic ring is 1. The highest BCUT2D eigenvalue weighted by atomic mass is 16.6. The van der Waals surface area contributed by atoms with E-state index in [4.69, 9.17) is 14.9 Å². The first-order valence-corrected chi connectivity index (χ1v) is 3.49. The molecule has 62 valence electrons. The summed E-state index contributed by atoms with van der Waals surface area (Å²) in [6.45, 7) is 0. The Balaban J connectivity index is 2.67. The van der Waals surface area contributed by atoms with Gasteiger partial charge in [0.2, 0.25) is 0 Å². The average Bonchev–Trinajstić information content (AvgIpc) is 2.46. The van der Waals surface area contributed by atoms with Crippen LogP contribution in [-0.2, 0) is 0 Å². The normalized spacial score (nSPS) is 10.4. The van der Waals surface area contributed by atoms with Crippen LogP contribution in [0.3, 0.4) is 0 Å². The van der Waals surface area contributed by atoms with Gasteiger partial charge in [0.05, 0.1) is 7.11 Å². The van der Waals surface area contributed by atoms with Crippen molar-refractivity contribution in [2.75, 3.05) is 12.8 Å². The Morgan fingerprint density at radius 3 is 3.08 bits per heavy atom. The van der Waals surface area contributed by atoms with E-state index in [1.165, 1.54) is 7.11 Å². The van der Waals surface area contributed by atoms with E-state index in [1.54, 1.807) is 18.2 Å². The third-order valence-electron chi connectivity index (χ3n) is 1.57. The Bertz CT molecular complexity index is 408. The maximum atomic E-state index is 5.55. The molecular weight excluding hydrogens is 156 g/mol. The number of nitrogens with two attached hydrogens (primary N) is 1. The highest BCUT2D eigenvalue weighted by molar-refractivity contribution is 5.76. The highest BCUT2D eigenvalue weighted by Gasteiger charge is 2.04. The van der Waals surface area contributed by atoms with Crippen LogP contribution in [0.25, 0.3) is 11.1 Å². The number of anilines is 1. The molecule has 4 heteroatoms. The zero-order valence-corrected chi connectivity index (χ0v) is 6.57. The molecule has 1 heterocycles. The number of benzene rings is 1. The van der Waals surface area contributed by atoms with E-state index in [-0.39, 0.29) is 6.08 Å². The van der Waals surface area contributed by atoms with Gasteiger partial charge in [-0.1, -0.05) is 0 Å². The second kappa shape index (κ2) is 2.41. The molecule has 1 aromatic heterocycles. The molecular formula is C8H8N2O2. The molecule has 2 aromatic rings. The largest absolute Gasteiger partial charge is 0.453 e. The Hall–Kier alpha value is -1.71. The average molecular weight is 164 g/mol. The summed E-state index contributed by atoms with van der Waals surface area (Å²) in [5.41, 5.74) is 7.60. The molecule has 0 atom stereocenters. The molecule has 0 aliphatic rings. The van der Waals surface area contributed by atoms with Crippen molar-refractivity contribution >= 4 is 16.8 Å². The van der Waals surface area contributed by atoms with E-state index >= 15 is 0 Å². The smallest absolute Gasteiger partial charge is 0.394 e. The van der Waals surface area contributed by atoms with Gasteiger partial charge in [-0.25, -0.2) is 0 Å². The van der Waals surface area contributed by atoms with E-state index < -0.39 is 0 Å². The number of ether oxygens (including phenoxy) is 1. The van der Waals surface area contributed by atoms with Crippen molar-refractivity contribution in [2.45, 2.75) is 0 Å². The highest BCUT2D eigenvalue weighted by Crippen LogP contribution is 2.21. The van der Waals surface area contributed by atoms with Crippen LogP contribution < -0.4 is 10.5 Å². The summed E-state index contributed by atoms with van der Waals surface area (Å²) in [4.78, 5) is 4.03. The minimum absolute atomic E-state index is 0.260. The molecule has 0 saturated carbocycles. The van der Waals surface area contributed by atoms with E-state index in [9.17, 15) is 0 Å². The van der Waals surface area contributed by atoms with Crippen LogP contribution in [0.2, 0.25) is 0 Å². The molecule has 1 aromatic carbocycles. The lowest BCUT2D eigenvalue weighted by atomic mass is 10.3. The van der Waals surface area contributed by atoms with E-state index in [1.807, 2.05) is 0 Å². The number of nitrogens with zero attached hydrogens (tertiary/aromatic N) is 1. The quantitative estimate of drug-likeness (QED) is 0.647. The third-order valence-corrected chi connectivity index (χ3v) is 1.57. The second-order valence-electron chi connectivity index (χ2n) is 2.41. The molecule has 0 fully saturated rings. The number of aromatic nitrogens is 1. The Kier molecular flexibility index (Phi) is 1.40. The number of methoxy groups -OCH3 is 1. The molecule has 0 aliphatic carbocycles. The first-order chi connectivity index (χ1) is 5.79. The summed E-state index contributed by atoms with van der Waals surface area (Å²) in [7, 11) is 1.51. The molecule has 2 rings (SSSR count). The van der Waals surface area contributed by atoms with Gasteiger partial charge in [-0.2, -0.15) is 4.98 Å². The molecule has 0 unspecified atom stereocenters. The Morgan fingerprint density at radius 1 is 1.50 bits per heavy atom. The molecule has 0 saturated heterocycles. The minimum Gasteiger partial charge on any atom is -0.453 e. The fourth-order valence-electron chi connectivity index (χ4n) is 1.01. The summed E-state index contributed by atoms with van der Waals surface area (Å²) in [6, 6.07) is 5.27. The molecule has 0 bridgehead atoms. The summed E-state index contributed by atoms with van der Waals surface area (Å²) in [5.74, 6) is 0. The lowest BCUT2D eigenvalue weighted by Crippen LogP contribution is -1.81. The maximum Gasteiger partial charge on any atom is 0.394 e. The van der Waals surface area contributed by atoms with Crippen LogP contribution in [-0.4, -0.2) is 12.1 Å². The number of hydrogen-bond acceptors (Lipinski definition) is 4. The van der Waals surface area contributed by atoms with Crippen molar-refractivity contribution in [3.05, 3.63) is 18.2 Å². The van der Waals surface area contributed by atoms with E-state index in [2.05, 4.69) is 4.98 Å². The van der Waals surface area contributed by atoms with Gasteiger partial charge in [-0.15, -0.1) is 0 Å². The molecule has 2 N–H and O–H groups in total. The first-order valence-electron chi connectivity index (χ1n) is 3.49. The first kappa shape index (κ1) is 6.97. The zero-order valence-electron chi connectivity index (χ0n) is 6.57. The standard InChI is InChI=1S/C8H8N2O2/c1-11-8-10-6-3-2-5(9)4-7(6)12-8/h2-4H,9H2,1H3. The number of rotatable bonds is 1. The zero-order chi connectivity index (χ0) is 8.55. The van der Waals surface area contributed by atoms with Crippen LogP contribution >= 0.6 is 0 Å². The SMILES string of the molecule is COc1nc2ccc(N)cc2o1. The van der Waals surface area contributed by atoms with Crippen molar-refractivity contribution in [3.63, 3.8) is 0 Å². The number of hydrogen-bond donors (Lipinski definition) is 1. The lowest BCUT2D eigenvalue weighted by Gasteiger charge is -1.88. The molecule has 0 amide bonds. The second-order valence-corrected chi connectivity index (χ2v) is 2.41. The van der Waals surface area contributed by atoms with E-state index in [0.29, 0.717) is 11.3 Å².